The Balaban J connectivity index is 1.77. The van der Waals surface area contributed by atoms with Crippen LogP contribution in [0.1, 0.15) is 31.7 Å². The van der Waals surface area contributed by atoms with Gasteiger partial charge in [-0.25, -0.2) is 0 Å². The van der Waals surface area contributed by atoms with Crippen LogP contribution in [0.15, 0.2) is 30.3 Å². The van der Waals surface area contributed by atoms with E-state index < -0.39 is 0 Å². The Hall–Kier alpha value is -0.860. The third-order valence-electron chi connectivity index (χ3n) is 4.05. The highest BCUT2D eigenvalue weighted by atomic mass is 14.9. The molecule has 2 rings (SSSR count). The van der Waals surface area contributed by atoms with Crippen LogP contribution in [-0.2, 0) is 0 Å². The van der Waals surface area contributed by atoms with Crippen molar-refractivity contribution < 1.29 is 0 Å². The van der Waals surface area contributed by atoms with Crippen molar-refractivity contribution in [3.8, 4) is 0 Å². The van der Waals surface area contributed by atoms with Gasteiger partial charge >= 0.3 is 0 Å². The summed E-state index contributed by atoms with van der Waals surface area (Å²) >= 11 is 0. The van der Waals surface area contributed by atoms with E-state index >= 15 is 0 Å². The Bertz CT molecular complexity index is 345. The molecule has 2 heteroatoms. The van der Waals surface area contributed by atoms with Crippen LogP contribution in [0.25, 0.3) is 0 Å². The fourth-order valence-corrected chi connectivity index (χ4v) is 2.42. The summed E-state index contributed by atoms with van der Waals surface area (Å²) in [4.78, 5) is 0. The maximum absolute atomic E-state index is 5.85. The van der Waals surface area contributed by atoms with Gasteiger partial charge in [0, 0.05) is 19.0 Å². The molecule has 94 valence electrons. The average molecular weight is 232 g/mol. The molecule has 2 unspecified atom stereocenters. The molecular weight excluding hydrogens is 208 g/mol. The number of hydrogen-bond acceptors (Lipinski definition) is 2. The first-order chi connectivity index (χ1) is 8.13. The van der Waals surface area contributed by atoms with Gasteiger partial charge in [0.1, 0.15) is 0 Å². The van der Waals surface area contributed by atoms with E-state index in [1.807, 2.05) is 0 Å². The van der Waals surface area contributed by atoms with E-state index in [4.69, 9.17) is 5.73 Å². The highest BCUT2D eigenvalue weighted by molar-refractivity contribution is 5.20. The molecule has 2 atom stereocenters. The average Bonchev–Trinajstić information content (AvgIpc) is 2.94. The fourth-order valence-electron chi connectivity index (χ4n) is 2.42. The Labute approximate surface area is 105 Å². The second-order valence-electron chi connectivity index (χ2n) is 5.89. The molecule has 17 heavy (non-hydrogen) atoms. The van der Waals surface area contributed by atoms with Crippen LogP contribution in [0.4, 0.5) is 0 Å². The van der Waals surface area contributed by atoms with Gasteiger partial charge < -0.3 is 11.1 Å². The van der Waals surface area contributed by atoms with Gasteiger partial charge in [0.05, 0.1) is 0 Å². The summed E-state index contributed by atoms with van der Waals surface area (Å²) in [6.45, 7) is 7.53. The van der Waals surface area contributed by atoms with Gasteiger partial charge in [0.2, 0.25) is 0 Å². The minimum atomic E-state index is 0.443. The molecule has 3 N–H and O–H groups in total. The molecule has 1 aromatic carbocycles. The van der Waals surface area contributed by atoms with Gasteiger partial charge in [-0.1, -0.05) is 44.2 Å². The van der Waals surface area contributed by atoms with Gasteiger partial charge in [-0.05, 0) is 29.9 Å². The molecule has 0 aromatic heterocycles. The molecule has 0 saturated heterocycles. The van der Waals surface area contributed by atoms with E-state index in [1.54, 1.807) is 0 Å². The van der Waals surface area contributed by atoms with E-state index in [2.05, 4.69) is 49.5 Å². The van der Waals surface area contributed by atoms with Crippen LogP contribution < -0.4 is 11.1 Å². The molecule has 0 amide bonds. The molecule has 1 fully saturated rings. The van der Waals surface area contributed by atoms with E-state index in [9.17, 15) is 0 Å². The molecule has 0 spiro atoms. The summed E-state index contributed by atoms with van der Waals surface area (Å²) in [6.07, 6.45) is 1.36. The molecule has 1 saturated carbocycles. The number of nitrogens with two attached hydrogens (primary N) is 1. The van der Waals surface area contributed by atoms with Gasteiger partial charge in [-0.3, -0.25) is 0 Å². The first-order valence-corrected chi connectivity index (χ1v) is 6.59. The summed E-state index contributed by atoms with van der Waals surface area (Å²) in [5, 5.41) is 3.57. The van der Waals surface area contributed by atoms with Gasteiger partial charge in [0.25, 0.3) is 0 Å². The third-order valence-corrected chi connectivity index (χ3v) is 4.05. The second-order valence-corrected chi connectivity index (χ2v) is 5.89. The summed E-state index contributed by atoms with van der Waals surface area (Å²) in [6, 6.07) is 10.6. The summed E-state index contributed by atoms with van der Waals surface area (Å²) in [7, 11) is 0. The van der Waals surface area contributed by atoms with E-state index in [0.717, 1.165) is 19.0 Å². The Kier molecular flexibility index (Phi) is 3.85. The van der Waals surface area contributed by atoms with Crippen LogP contribution >= 0.6 is 0 Å². The monoisotopic (exact) mass is 232 g/mol. The smallest absolute Gasteiger partial charge is 0.00863 e. The lowest BCUT2D eigenvalue weighted by atomic mass is 9.99. The zero-order valence-electron chi connectivity index (χ0n) is 10.9. The van der Waals surface area contributed by atoms with Crippen LogP contribution in [0.5, 0.6) is 0 Å². The topological polar surface area (TPSA) is 38.0 Å². The minimum Gasteiger partial charge on any atom is -0.330 e. The van der Waals surface area contributed by atoms with Crippen molar-refractivity contribution in [3.05, 3.63) is 35.9 Å². The van der Waals surface area contributed by atoms with Crippen molar-refractivity contribution in [3.63, 3.8) is 0 Å². The van der Waals surface area contributed by atoms with Crippen molar-refractivity contribution in [2.24, 2.45) is 17.1 Å². The lowest BCUT2D eigenvalue weighted by Crippen LogP contribution is -2.28. The van der Waals surface area contributed by atoms with Crippen molar-refractivity contribution in [2.45, 2.75) is 26.2 Å². The Morgan fingerprint density at radius 3 is 2.53 bits per heavy atom. The van der Waals surface area contributed by atoms with Gasteiger partial charge in [-0.15, -0.1) is 0 Å². The first kappa shape index (κ1) is 12.6. The van der Waals surface area contributed by atoms with Crippen LogP contribution in [0, 0.1) is 11.3 Å². The molecule has 0 heterocycles. The predicted molar refractivity (Wildman–Crippen MR) is 73.0 cm³/mol. The molecule has 2 nitrogen and oxygen atoms in total. The van der Waals surface area contributed by atoms with Crippen LogP contribution in [0.3, 0.4) is 0 Å². The largest absolute Gasteiger partial charge is 0.330 e. The number of hydrogen-bond donors (Lipinski definition) is 2. The highest BCUT2D eigenvalue weighted by Gasteiger charge is 2.44. The molecule has 0 radical (unpaired) electrons. The highest BCUT2D eigenvalue weighted by Crippen LogP contribution is 2.50. The number of rotatable bonds is 6. The summed E-state index contributed by atoms with van der Waals surface area (Å²) in [5.41, 5.74) is 7.76. The van der Waals surface area contributed by atoms with Crippen molar-refractivity contribution in [1.82, 2.24) is 5.32 Å². The standard InChI is InChI=1S/C15H24N2/c1-15(2)8-14(15)11-17-10-13(9-16)12-6-4-3-5-7-12/h3-7,13-14,17H,8-11,16H2,1-2H3. The Morgan fingerprint density at radius 1 is 1.35 bits per heavy atom. The molecule has 1 aliphatic carbocycles. The maximum atomic E-state index is 5.85. The van der Waals surface area contributed by atoms with Crippen molar-refractivity contribution in [1.29, 1.82) is 0 Å². The molecule has 1 aromatic rings. The van der Waals surface area contributed by atoms with E-state index in [-0.39, 0.29) is 0 Å². The second kappa shape index (κ2) is 5.19. The van der Waals surface area contributed by atoms with Crippen LogP contribution in [0.2, 0.25) is 0 Å². The normalized spacial score (nSPS) is 23.4. The quantitative estimate of drug-likeness (QED) is 0.790. The zero-order chi connectivity index (χ0) is 12.3. The van der Waals surface area contributed by atoms with Crippen molar-refractivity contribution in [2.75, 3.05) is 19.6 Å². The first-order valence-electron chi connectivity index (χ1n) is 6.59. The van der Waals surface area contributed by atoms with E-state index in [0.29, 0.717) is 17.9 Å². The third kappa shape index (κ3) is 3.30. The number of nitrogens with one attached hydrogen (secondary N) is 1. The summed E-state index contributed by atoms with van der Waals surface area (Å²) in [5.74, 6) is 1.30. The number of benzene rings is 1. The van der Waals surface area contributed by atoms with Gasteiger partial charge in [0.15, 0.2) is 0 Å². The maximum Gasteiger partial charge on any atom is 0.00863 e. The minimum absolute atomic E-state index is 0.443. The lowest BCUT2D eigenvalue weighted by Gasteiger charge is -2.16. The zero-order valence-corrected chi connectivity index (χ0v) is 10.9. The SMILES string of the molecule is CC1(C)CC1CNCC(CN)c1ccccc1. The molecule has 0 bridgehead atoms. The predicted octanol–water partition coefficient (Wildman–Crippen LogP) is 2.36. The van der Waals surface area contributed by atoms with E-state index in [1.165, 1.54) is 12.0 Å². The van der Waals surface area contributed by atoms with Crippen LogP contribution in [-0.4, -0.2) is 19.6 Å². The van der Waals surface area contributed by atoms with Gasteiger partial charge in [-0.2, -0.15) is 0 Å². The fraction of sp³-hybridized carbons (Fsp3) is 0.600. The van der Waals surface area contributed by atoms with Crippen molar-refractivity contribution >= 4 is 0 Å². The molecular formula is C15H24N2. The summed E-state index contributed by atoms with van der Waals surface area (Å²) < 4.78 is 0. The Morgan fingerprint density at radius 2 is 2.00 bits per heavy atom. The molecule has 1 aliphatic rings. The molecule has 0 aliphatic heterocycles. The lowest BCUT2D eigenvalue weighted by molar-refractivity contribution is 0.502.